The second-order valence-electron chi connectivity index (χ2n) is 10.5. The van der Waals surface area contributed by atoms with Crippen LogP contribution in [-0.2, 0) is 10.2 Å². The summed E-state index contributed by atoms with van der Waals surface area (Å²) in [7, 11) is 1.73. The lowest BCUT2D eigenvalue weighted by atomic mass is 9.57. The van der Waals surface area contributed by atoms with Crippen LogP contribution in [0, 0.1) is 17.8 Å². The highest BCUT2D eigenvalue weighted by atomic mass is 16.4. The van der Waals surface area contributed by atoms with Crippen LogP contribution in [0.25, 0.3) is 0 Å². The molecular formula is C24H35N2O3+. The number of anilines is 1. The van der Waals surface area contributed by atoms with Crippen LogP contribution < -0.4 is 5.32 Å². The number of likely N-dealkylation sites (tertiary alicyclic amines) is 1. The van der Waals surface area contributed by atoms with Crippen LogP contribution in [0.1, 0.15) is 64.4 Å². The Hall–Kier alpha value is -1.88. The normalized spacial score (nSPS) is 39.1. The molecule has 3 aliphatic rings. The minimum atomic E-state index is -0.888. The number of carbonyl (C=O) groups excluding carboxylic acids is 1. The number of carboxylic acids is 1. The molecule has 4 rings (SSSR count). The first kappa shape index (κ1) is 20.4. The van der Waals surface area contributed by atoms with Gasteiger partial charge in [-0.15, -0.1) is 0 Å². The average molecular weight is 400 g/mol. The fourth-order valence-electron chi connectivity index (χ4n) is 6.70. The van der Waals surface area contributed by atoms with E-state index in [2.05, 4.69) is 31.3 Å². The molecule has 3 fully saturated rings. The SMILES string of the molecule is CC1CC2CC(C1)CC(C)(c1ccc(NC(=O)[N+]3(C)CCCC3C(=O)O)cc1)C2. The van der Waals surface area contributed by atoms with Gasteiger partial charge in [0, 0.05) is 18.5 Å². The largest absolute Gasteiger partial charge is 0.477 e. The second-order valence-corrected chi connectivity index (χ2v) is 10.5. The summed E-state index contributed by atoms with van der Waals surface area (Å²) >= 11 is 0. The van der Waals surface area contributed by atoms with Crippen LogP contribution in [0.2, 0.25) is 0 Å². The zero-order chi connectivity index (χ0) is 20.8. The molecule has 2 N–H and O–H groups in total. The minimum absolute atomic E-state index is 0.0731. The summed E-state index contributed by atoms with van der Waals surface area (Å²) in [6, 6.07) is 7.43. The highest BCUT2D eigenvalue weighted by Gasteiger charge is 2.49. The van der Waals surface area contributed by atoms with Crippen LogP contribution in [0.15, 0.2) is 24.3 Å². The molecule has 0 aromatic heterocycles. The number of urea groups is 1. The van der Waals surface area contributed by atoms with E-state index in [9.17, 15) is 14.7 Å². The maximum Gasteiger partial charge on any atom is 0.421 e. The first-order valence-corrected chi connectivity index (χ1v) is 11.2. The van der Waals surface area contributed by atoms with E-state index >= 15 is 0 Å². The van der Waals surface area contributed by atoms with Crippen molar-refractivity contribution in [3.8, 4) is 0 Å². The maximum atomic E-state index is 12.9. The quantitative estimate of drug-likeness (QED) is 0.702. The number of nitrogens with one attached hydrogen (secondary N) is 1. The Morgan fingerprint density at radius 1 is 1.10 bits per heavy atom. The van der Waals surface area contributed by atoms with E-state index in [1.807, 2.05) is 12.1 Å². The molecule has 2 bridgehead atoms. The van der Waals surface area contributed by atoms with Crippen LogP contribution in [-0.4, -0.2) is 41.2 Å². The molecule has 1 saturated heterocycles. The molecular weight excluding hydrogens is 364 g/mol. The summed E-state index contributed by atoms with van der Waals surface area (Å²) in [4.78, 5) is 24.4. The number of rotatable bonds is 3. The van der Waals surface area contributed by atoms with Gasteiger partial charge in [-0.2, -0.15) is 0 Å². The summed E-state index contributed by atoms with van der Waals surface area (Å²) in [6.45, 7) is 5.38. The topological polar surface area (TPSA) is 66.4 Å². The molecule has 5 heteroatoms. The van der Waals surface area contributed by atoms with Crippen LogP contribution in [0.3, 0.4) is 0 Å². The average Bonchev–Trinajstić information content (AvgIpc) is 3.04. The number of hydrogen-bond donors (Lipinski definition) is 2. The van der Waals surface area contributed by atoms with E-state index in [1.165, 1.54) is 37.7 Å². The molecule has 29 heavy (non-hydrogen) atoms. The molecule has 158 valence electrons. The Bertz CT molecular complexity index is 772. The number of benzene rings is 1. The van der Waals surface area contributed by atoms with E-state index in [4.69, 9.17) is 0 Å². The highest BCUT2D eigenvalue weighted by molar-refractivity contribution is 5.86. The van der Waals surface area contributed by atoms with Gasteiger partial charge in [0.2, 0.25) is 0 Å². The number of amides is 2. The Morgan fingerprint density at radius 3 is 2.31 bits per heavy atom. The van der Waals surface area contributed by atoms with Gasteiger partial charge >= 0.3 is 12.0 Å². The Kier molecular flexibility index (Phi) is 5.22. The van der Waals surface area contributed by atoms with Gasteiger partial charge < -0.3 is 5.11 Å². The molecule has 2 aliphatic carbocycles. The highest BCUT2D eigenvalue weighted by Crippen LogP contribution is 2.51. The van der Waals surface area contributed by atoms with Gasteiger partial charge in [0.15, 0.2) is 6.04 Å². The zero-order valence-corrected chi connectivity index (χ0v) is 18.0. The van der Waals surface area contributed by atoms with Crippen molar-refractivity contribution in [1.82, 2.24) is 0 Å². The van der Waals surface area contributed by atoms with E-state index in [0.717, 1.165) is 29.9 Å². The molecule has 1 aromatic carbocycles. The predicted molar refractivity (Wildman–Crippen MR) is 114 cm³/mol. The van der Waals surface area contributed by atoms with Gasteiger partial charge in [-0.25, -0.2) is 14.1 Å². The Morgan fingerprint density at radius 2 is 1.72 bits per heavy atom. The van der Waals surface area contributed by atoms with Crippen molar-refractivity contribution in [1.29, 1.82) is 0 Å². The lowest BCUT2D eigenvalue weighted by Gasteiger charge is -2.47. The van der Waals surface area contributed by atoms with E-state index in [0.29, 0.717) is 13.0 Å². The van der Waals surface area contributed by atoms with Crippen LogP contribution >= 0.6 is 0 Å². The van der Waals surface area contributed by atoms with Gasteiger partial charge in [-0.3, -0.25) is 5.32 Å². The molecule has 4 unspecified atom stereocenters. The number of aliphatic carboxylic acids is 1. The van der Waals surface area contributed by atoms with Gasteiger partial charge in [-0.05, 0) is 73.0 Å². The van der Waals surface area contributed by atoms with Gasteiger partial charge in [0.25, 0.3) is 0 Å². The van der Waals surface area contributed by atoms with Crippen molar-refractivity contribution in [3.05, 3.63) is 29.8 Å². The third-order valence-corrected chi connectivity index (χ3v) is 7.99. The van der Waals surface area contributed by atoms with Crippen LogP contribution in [0.4, 0.5) is 10.5 Å². The molecule has 4 atom stereocenters. The monoisotopic (exact) mass is 399 g/mol. The number of carbonyl (C=O) groups is 2. The third-order valence-electron chi connectivity index (χ3n) is 7.99. The maximum absolute atomic E-state index is 12.9. The molecule has 1 aliphatic heterocycles. The lowest BCUT2D eigenvalue weighted by Crippen LogP contribution is -2.57. The van der Waals surface area contributed by atoms with Gasteiger partial charge in [0.1, 0.15) is 0 Å². The van der Waals surface area contributed by atoms with Crippen LogP contribution in [0.5, 0.6) is 0 Å². The molecule has 0 radical (unpaired) electrons. The van der Waals surface area contributed by atoms with Crippen molar-refractivity contribution >= 4 is 17.7 Å². The van der Waals surface area contributed by atoms with Gasteiger partial charge in [0.05, 0.1) is 13.6 Å². The zero-order valence-electron chi connectivity index (χ0n) is 18.0. The van der Waals surface area contributed by atoms with E-state index in [1.54, 1.807) is 7.05 Å². The summed E-state index contributed by atoms with van der Waals surface area (Å²) in [5.41, 5.74) is 2.34. The summed E-state index contributed by atoms with van der Waals surface area (Å²) < 4.78 is -0.0731. The summed E-state index contributed by atoms with van der Waals surface area (Å²) in [5.74, 6) is 1.66. The fraction of sp³-hybridized carbons (Fsp3) is 0.667. The molecule has 2 amide bonds. The summed E-state index contributed by atoms with van der Waals surface area (Å²) in [6.07, 6.45) is 7.96. The lowest BCUT2D eigenvalue weighted by molar-refractivity contribution is -0.831. The smallest absolute Gasteiger partial charge is 0.421 e. The Labute approximate surface area is 174 Å². The number of nitrogens with zero attached hydrogens (tertiary/aromatic N) is 1. The standard InChI is InChI=1S/C24H34N2O3/c1-16-11-17-13-18(12-16)15-24(2,14-17)19-6-8-20(9-7-19)25-23(29)26(3)10-4-5-21(26)22(27)28/h6-9,16-18,21H,4-5,10-15H2,1-3H3,(H-,25,27,28,29)/p+1. The van der Waals surface area contributed by atoms with Crippen molar-refractivity contribution in [2.24, 2.45) is 17.8 Å². The van der Waals surface area contributed by atoms with Crippen molar-refractivity contribution in [2.45, 2.75) is 70.3 Å². The number of quaternary nitrogens is 1. The molecule has 1 aromatic rings. The third kappa shape index (κ3) is 3.81. The minimum Gasteiger partial charge on any atom is -0.477 e. The van der Waals surface area contributed by atoms with E-state index < -0.39 is 12.0 Å². The number of hydrogen-bond acceptors (Lipinski definition) is 2. The molecule has 5 nitrogen and oxygen atoms in total. The number of carboxylic acid groups (broad SMARTS) is 1. The summed E-state index contributed by atoms with van der Waals surface area (Å²) in [5, 5.41) is 12.4. The fourth-order valence-corrected chi connectivity index (χ4v) is 6.70. The predicted octanol–water partition coefficient (Wildman–Crippen LogP) is 5.02. The van der Waals surface area contributed by atoms with Crippen molar-refractivity contribution in [3.63, 3.8) is 0 Å². The second kappa shape index (κ2) is 7.42. The number of fused-ring (bicyclic) bond motifs is 2. The molecule has 2 saturated carbocycles. The molecule has 0 spiro atoms. The Balaban J connectivity index is 1.46. The first-order chi connectivity index (χ1) is 13.7. The van der Waals surface area contributed by atoms with Crippen molar-refractivity contribution in [2.75, 3.05) is 18.9 Å². The van der Waals surface area contributed by atoms with Gasteiger partial charge in [-0.1, -0.05) is 26.0 Å². The van der Waals surface area contributed by atoms with E-state index in [-0.39, 0.29) is 15.9 Å². The van der Waals surface area contributed by atoms with Crippen molar-refractivity contribution < 1.29 is 19.2 Å². The molecule has 1 heterocycles. The number of likely N-dealkylation sites (N-methyl/N-ethyl adjacent to an activating group) is 1. The first-order valence-electron chi connectivity index (χ1n) is 11.2.